The van der Waals surface area contributed by atoms with Crippen LogP contribution in [-0.4, -0.2) is 30.5 Å². The molecule has 24 heavy (non-hydrogen) atoms. The lowest BCUT2D eigenvalue weighted by Crippen LogP contribution is -2.41. The standard InChI is InChI=1S/C20H21NO3/c22-19-10-9-13(19)11-21-20(23)24-12-18-16-7-3-1-5-14(16)15-6-2-4-8-17(15)18/h1-8,13,18-19,22H,9-12H2,(H,21,23)/t13-,19+/m0/s1. The molecule has 0 saturated heterocycles. The van der Waals surface area contributed by atoms with Crippen LogP contribution in [0.1, 0.15) is 29.9 Å². The molecule has 4 heteroatoms. The number of ether oxygens (including phenoxy) is 1. The smallest absolute Gasteiger partial charge is 0.407 e. The van der Waals surface area contributed by atoms with Crippen LogP contribution in [0.5, 0.6) is 0 Å². The molecule has 1 amide bonds. The summed E-state index contributed by atoms with van der Waals surface area (Å²) in [5, 5.41) is 12.3. The molecule has 2 N–H and O–H groups in total. The van der Waals surface area contributed by atoms with Crippen molar-refractivity contribution in [2.24, 2.45) is 5.92 Å². The van der Waals surface area contributed by atoms with E-state index < -0.39 is 6.09 Å². The fraction of sp³-hybridized carbons (Fsp3) is 0.350. The first kappa shape index (κ1) is 15.2. The van der Waals surface area contributed by atoms with Gasteiger partial charge in [0.1, 0.15) is 6.61 Å². The molecule has 0 heterocycles. The summed E-state index contributed by atoms with van der Waals surface area (Å²) in [6, 6.07) is 16.6. The molecule has 4 rings (SSSR count). The minimum Gasteiger partial charge on any atom is -0.449 e. The molecular formula is C20H21NO3. The van der Waals surface area contributed by atoms with Gasteiger partial charge in [0, 0.05) is 18.4 Å². The van der Waals surface area contributed by atoms with E-state index in [9.17, 15) is 9.90 Å². The van der Waals surface area contributed by atoms with Crippen LogP contribution < -0.4 is 5.32 Å². The highest BCUT2D eigenvalue weighted by molar-refractivity contribution is 5.79. The maximum Gasteiger partial charge on any atom is 0.407 e. The van der Waals surface area contributed by atoms with Crippen LogP contribution in [0.2, 0.25) is 0 Å². The number of benzene rings is 2. The number of rotatable bonds is 4. The van der Waals surface area contributed by atoms with E-state index in [1.54, 1.807) is 0 Å². The van der Waals surface area contributed by atoms with Gasteiger partial charge in [-0.3, -0.25) is 0 Å². The SMILES string of the molecule is O=C(NC[C@@H]1CC[C@H]1O)OCC1c2ccccc2-c2ccccc21. The zero-order valence-corrected chi connectivity index (χ0v) is 13.4. The molecule has 1 saturated carbocycles. The number of hydrogen-bond acceptors (Lipinski definition) is 3. The van der Waals surface area contributed by atoms with E-state index in [0.29, 0.717) is 13.2 Å². The van der Waals surface area contributed by atoms with Gasteiger partial charge < -0.3 is 15.2 Å². The van der Waals surface area contributed by atoms with Crippen molar-refractivity contribution in [1.82, 2.24) is 5.32 Å². The van der Waals surface area contributed by atoms with E-state index in [2.05, 4.69) is 29.6 Å². The zero-order chi connectivity index (χ0) is 16.5. The van der Waals surface area contributed by atoms with Crippen molar-refractivity contribution >= 4 is 6.09 Å². The Morgan fingerprint density at radius 2 is 1.67 bits per heavy atom. The van der Waals surface area contributed by atoms with E-state index in [0.717, 1.165) is 12.8 Å². The normalized spacial score (nSPS) is 21.5. The number of hydrogen-bond donors (Lipinski definition) is 2. The molecule has 2 aromatic carbocycles. The molecule has 1 fully saturated rings. The van der Waals surface area contributed by atoms with Crippen molar-refractivity contribution in [3.63, 3.8) is 0 Å². The summed E-state index contributed by atoms with van der Waals surface area (Å²) in [6.07, 6.45) is 1.11. The molecule has 2 aliphatic rings. The number of aliphatic hydroxyl groups is 1. The minimum atomic E-state index is -0.407. The number of aliphatic hydroxyl groups excluding tert-OH is 1. The van der Waals surface area contributed by atoms with E-state index in [4.69, 9.17) is 4.74 Å². The second-order valence-corrected chi connectivity index (χ2v) is 6.61. The van der Waals surface area contributed by atoms with Crippen LogP contribution in [0.25, 0.3) is 11.1 Å². The highest BCUT2D eigenvalue weighted by Crippen LogP contribution is 2.44. The van der Waals surface area contributed by atoms with Crippen molar-refractivity contribution in [3.05, 3.63) is 59.7 Å². The number of carbonyl (C=O) groups is 1. The summed E-state index contributed by atoms with van der Waals surface area (Å²) >= 11 is 0. The molecule has 0 radical (unpaired) electrons. The Labute approximate surface area is 141 Å². The van der Waals surface area contributed by atoms with Crippen LogP contribution >= 0.6 is 0 Å². The summed E-state index contributed by atoms with van der Waals surface area (Å²) in [4.78, 5) is 12.0. The number of alkyl carbamates (subject to hydrolysis) is 1. The lowest BCUT2D eigenvalue weighted by atomic mass is 9.82. The van der Waals surface area contributed by atoms with Crippen molar-refractivity contribution in [2.75, 3.05) is 13.2 Å². The number of amides is 1. The fourth-order valence-corrected chi connectivity index (χ4v) is 3.65. The van der Waals surface area contributed by atoms with Crippen LogP contribution in [0.3, 0.4) is 0 Å². The second kappa shape index (κ2) is 6.29. The average molecular weight is 323 g/mol. The molecule has 2 aliphatic carbocycles. The van der Waals surface area contributed by atoms with E-state index in [1.165, 1.54) is 22.3 Å². The van der Waals surface area contributed by atoms with E-state index >= 15 is 0 Å². The molecule has 4 nitrogen and oxygen atoms in total. The van der Waals surface area contributed by atoms with Crippen molar-refractivity contribution in [3.8, 4) is 11.1 Å². The molecule has 124 valence electrons. The maximum atomic E-state index is 12.0. The predicted octanol–water partition coefficient (Wildman–Crippen LogP) is 3.30. The van der Waals surface area contributed by atoms with Crippen molar-refractivity contribution in [2.45, 2.75) is 24.9 Å². The van der Waals surface area contributed by atoms with E-state index in [1.807, 2.05) is 24.3 Å². The summed E-state index contributed by atoms with van der Waals surface area (Å²) < 4.78 is 5.46. The van der Waals surface area contributed by atoms with Crippen LogP contribution in [0, 0.1) is 5.92 Å². The topological polar surface area (TPSA) is 58.6 Å². The fourth-order valence-electron chi connectivity index (χ4n) is 3.65. The van der Waals surface area contributed by atoms with Gasteiger partial charge in [0.2, 0.25) is 0 Å². The second-order valence-electron chi connectivity index (χ2n) is 6.61. The molecule has 0 aromatic heterocycles. The van der Waals surface area contributed by atoms with Crippen molar-refractivity contribution < 1.29 is 14.6 Å². The Morgan fingerprint density at radius 1 is 1.04 bits per heavy atom. The molecule has 2 atom stereocenters. The number of fused-ring (bicyclic) bond motifs is 3. The Morgan fingerprint density at radius 3 is 2.21 bits per heavy atom. The van der Waals surface area contributed by atoms with Gasteiger partial charge >= 0.3 is 6.09 Å². The average Bonchev–Trinajstić information content (AvgIpc) is 2.93. The third-order valence-corrected chi connectivity index (χ3v) is 5.23. The Kier molecular flexibility index (Phi) is 3.98. The third kappa shape index (κ3) is 2.67. The maximum absolute atomic E-state index is 12.0. The van der Waals surface area contributed by atoms with Gasteiger partial charge in [-0.05, 0) is 35.1 Å². The summed E-state index contributed by atoms with van der Waals surface area (Å²) in [5.74, 6) is 0.253. The lowest BCUT2D eigenvalue weighted by molar-refractivity contribution is 0.0240. The van der Waals surface area contributed by atoms with Crippen LogP contribution in [0.4, 0.5) is 4.79 Å². The first-order chi connectivity index (χ1) is 11.7. The summed E-state index contributed by atoms with van der Waals surface area (Å²) in [7, 11) is 0. The Hall–Kier alpha value is -2.33. The minimum absolute atomic E-state index is 0.0810. The lowest BCUT2D eigenvalue weighted by Gasteiger charge is -2.32. The largest absolute Gasteiger partial charge is 0.449 e. The Bertz CT molecular complexity index is 713. The first-order valence-electron chi connectivity index (χ1n) is 8.51. The van der Waals surface area contributed by atoms with Gasteiger partial charge in [-0.2, -0.15) is 0 Å². The van der Waals surface area contributed by atoms with E-state index in [-0.39, 0.29) is 17.9 Å². The van der Waals surface area contributed by atoms with Crippen LogP contribution in [-0.2, 0) is 4.74 Å². The van der Waals surface area contributed by atoms with Crippen LogP contribution in [0.15, 0.2) is 48.5 Å². The van der Waals surface area contributed by atoms with Gasteiger partial charge in [0.05, 0.1) is 6.10 Å². The first-order valence-corrected chi connectivity index (χ1v) is 8.51. The number of carbonyl (C=O) groups excluding carboxylic acids is 1. The molecule has 0 aliphatic heterocycles. The molecule has 0 bridgehead atoms. The zero-order valence-electron chi connectivity index (χ0n) is 13.4. The molecular weight excluding hydrogens is 302 g/mol. The number of nitrogens with one attached hydrogen (secondary N) is 1. The van der Waals surface area contributed by atoms with Gasteiger partial charge in [-0.25, -0.2) is 4.79 Å². The summed E-state index contributed by atoms with van der Waals surface area (Å²) in [5.41, 5.74) is 4.86. The molecule has 2 aromatic rings. The van der Waals surface area contributed by atoms with Gasteiger partial charge in [-0.1, -0.05) is 48.5 Å². The third-order valence-electron chi connectivity index (χ3n) is 5.23. The molecule has 0 spiro atoms. The highest BCUT2D eigenvalue weighted by Gasteiger charge is 2.30. The van der Waals surface area contributed by atoms with Gasteiger partial charge in [0.15, 0.2) is 0 Å². The monoisotopic (exact) mass is 323 g/mol. The predicted molar refractivity (Wildman–Crippen MR) is 91.8 cm³/mol. The van der Waals surface area contributed by atoms with Gasteiger partial charge in [-0.15, -0.1) is 0 Å². The summed E-state index contributed by atoms with van der Waals surface area (Å²) in [6.45, 7) is 0.810. The quantitative estimate of drug-likeness (QED) is 0.907. The van der Waals surface area contributed by atoms with Crippen molar-refractivity contribution in [1.29, 1.82) is 0 Å². The molecule has 0 unspecified atom stereocenters. The van der Waals surface area contributed by atoms with Gasteiger partial charge in [0.25, 0.3) is 0 Å². The highest BCUT2D eigenvalue weighted by atomic mass is 16.5. The Balaban J connectivity index is 1.42.